The molecule has 2 atom stereocenters. The van der Waals surface area contributed by atoms with Gasteiger partial charge in [0.15, 0.2) is 5.69 Å². The molecule has 5 rings (SSSR count). The molecule has 0 aliphatic carbocycles. The zero-order valence-electron chi connectivity index (χ0n) is 15.5. The third-order valence-corrected chi connectivity index (χ3v) is 5.43. The van der Waals surface area contributed by atoms with Gasteiger partial charge in [-0.05, 0) is 30.9 Å². The van der Waals surface area contributed by atoms with Gasteiger partial charge in [0.25, 0.3) is 11.5 Å². The highest BCUT2D eigenvalue weighted by Gasteiger charge is 2.40. The van der Waals surface area contributed by atoms with E-state index in [9.17, 15) is 14.4 Å². The van der Waals surface area contributed by atoms with Gasteiger partial charge in [-0.25, -0.2) is 9.78 Å². The van der Waals surface area contributed by atoms with E-state index in [2.05, 4.69) is 9.97 Å². The van der Waals surface area contributed by atoms with Crippen molar-refractivity contribution in [3.05, 3.63) is 40.3 Å². The number of hydrogen-bond donors (Lipinski definition) is 1. The summed E-state index contributed by atoms with van der Waals surface area (Å²) in [5.74, 6) is -0.132. The van der Waals surface area contributed by atoms with Crippen LogP contribution in [0.4, 0.5) is 4.79 Å². The number of carbonyl (C=O) groups excluding carboxylic acids is 2. The Balaban J connectivity index is 1.64. The first-order chi connectivity index (χ1) is 12.9. The van der Waals surface area contributed by atoms with Crippen molar-refractivity contribution >= 4 is 23.0 Å². The van der Waals surface area contributed by atoms with E-state index in [1.54, 1.807) is 36.0 Å². The Morgan fingerprint density at radius 2 is 1.93 bits per heavy atom. The lowest BCUT2D eigenvalue weighted by atomic mass is 9.94. The number of fused-ring (bicyclic) bond motifs is 5. The van der Waals surface area contributed by atoms with Gasteiger partial charge in [0.2, 0.25) is 0 Å². The Morgan fingerprint density at radius 3 is 2.70 bits per heavy atom. The van der Waals surface area contributed by atoms with Gasteiger partial charge in [0.1, 0.15) is 0 Å². The van der Waals surface area contributed by atoms with Crippen LogP contribution in [0, 0.1) is 5.92 Å². The van der Waals surface area contributed by atoms with Crippen molar-refractivity contribution < 1.29 is 9.59 Å². The number of aromatic amines is 1. The summed E-state index contributed by atoms with van der Waals surface area (Å²) in [6.07, 6.45) is 1.81. The standard InChI is InChI=1S/C19H23N5O3/c1-22(2)19(27)23-9-12-7-8-13(11-23)24(10-12)18(26)16-17(25)21-15-6-4-3-5-14(15)20-16/h3-6,12-13H,7-11H2,1-2H3,(H,21,25)/t12-,13+/m1/s1. The Hall–Kier alpha value is -2.90. The van der Waals surface area contributed by atoms with Gasteiger partial charge < -0.3 is 19.7 Å². The number of rotatable bonds is 1. The maximum atomic E-state index is 13.1. The molecule has 0 unspecified atom stereocenters. The Labute approximate surface area is 156 Å². The fraction of sp³-hybridized carbons (Fsp3) is 0.474. The number of urea groups is 1. The van der Waals surface area contributed by atoms with Crippen molar-refractivity contribution in [1.29, 1.82) is 0 Å². The first kappa shape index (κ1) is 17.5. The lowest BCUT2D eigenvalue weighted by Gasteiger charge is -2.35. The molecule has 0 saturated carbocycles. The molecular weight excluding hydrogens is 346 g/mol. The zero-order chi connectivity index (χ0) is 19.1. The van der Waals surface area contributed by atoms with E-state index in [1.807, 2.05) is 17.0 Å². The fourth-order valence-corrected chi connectivity index (χ4v) is 4.08. The third-order valence-electron chi connectivity index (χ3n) is 5.43. The number of aromatic nitrogens is 2. The summed E-state index contributed by atoms with van der Waals surface area (Å²) < 4.78 is 0. The lowest BCUT2D eigenvalue weighted by molar-refractivity contribution is 0.0578. The van der Waals surface area contributed by atoms with Gasteiger partial charge in [-0.1, -0.05) is 12.1 Å². The number of H-pyrrole nitrogens is 1. The predicted octanol–water partition coefficient (Wildman–Crippen LogP) is 1.14. The molecule has 0 radical (unpaired) electrons. The summed E-state index contributed by atoms with van der Waals surface area (Å²) in [6.45, 7) is 1.68. The normalized spacial score (nSPS) is 22.0. The molecule has 0 spiro atoms. The van der Waals surface area contributed by atoms with Crippen LogP contribution < -0.4 is 5.56 Å². The van der Waals surface area contributed by atoms with Crippen LogP contribution in [0.5, 0.6) is 0 Å². The number of amides is 3. The number of nitrogens with zero attached hydrogens (tertiary/aromatic N) is 4. The van der Waals surface area contributed by atoms with Crippen molar-refractivity contribution in [1.82, 2.24) is 24.7 Å². The maximum Gasteiger partial charge on any atom is 0.319 e. The highest BCUT2D eigenvalue weighted by molar-refractivity contribution is 5.94. The fourth-order valence-electron chi connectivity index (χ4n) is 4.08. The monoisotopic (exact) mass is 369 g/mol. The quantitative estimate of drug-likeness (QED) is 0.816. The van der Waals surface area contributed by atoms with E-state index in [0.29, 0.717) is 30.7 Å². The average Bonchev–Trinajstić information content (AvgIpc) is 2.98. The molecular formula is C19H23N5O3. The molecule has 3 fully saturated rings. The summed E-state index contributed by atoms with van der Waals surface area (Å²) in [7, 11) is 3.47. The van der Waals surface area contributed by atoms with Crippen molar-refractivity contribution in [2.45, 2.75) is 18.9 Å². The van der Waals surface area contributed by atoms with Crippen molar-refractivity contribution in [3.63, 3.8) is 0 Å². The minimum absolute atomic E-state index is 0.0390. The summed E-state index contributed by atoms with van der Waals surface area (Å²) in [6, 6.07) is 7.03. The first-order valence-corrected chi connectivity index (χ1v) is 9.20. The van der Waals surface area contributed by atoms with Crippen LogP contribution in [0.15, 0.2) is 29.1 Å². The van der Waals surface area contributed by atoms with Gasteiger partial charge in [-0.2, -0.15) is 0 Å². The summed E-state index contributed by atoms with van der Waals surface area (Å²) in [5.41, 5.74) is 0.649. The van der Waals surface area contributed by atoms with Gasteiger partial charge in [-0.3, -0.25) is 9.59 Å². The number of carbonyl (C=O) groups is 2. The number of para-hydroxylation sites is 2. The lowest BCUT2D eigenvalue weighted by Crippen LogP contribution is -2.49. The molecule has 4 heterocycles. The van der Waals surface area contributed by atoms with Crippen molar-refractivity contribution in [2.24, 2.45) is 5.92 Å². The van der Waals surface area contributed by atoms with Crippen LogP contribution in [0.1, 0.15) is 23.3 Å². The third kappa shape index (κ3) is 3.15. The van der Waals surface area contributed by atoms with Crippen molar-refractivity contribution in [2.75, 3.05) is 33.7 Å². The summed E-state index contributed by atoms with van der Waals surface area (Å²) in [5, 5.41) is 0. The second-order valence-corrected chi connectivity index (χ2v) is 7.57. The van der Waals surface area contributed by atoms with Crippen LogP contribution in [0.3, 0.4) is 0 Å². The highest BCUT2D eigenvalue weighted by atomic mass is 16.2. The second kappa shape index (κ2) is 6.68. The second-order valence-electron chi connectivity index (χ2n) is 7.57. The Morgan fingerprint density at radius 1 is 1.15 bits per heavy atom. The molecule has 3 amide bonds. The molecule has 8 nitrogen and oxygen atoms in total. The minimum atomic E-state index is -0.472. The van der Waals surface area contributed by atoms with E-state index < -0.39 is 5.56 Å². The van der Waals surface area contributed by atoms with Crippen LogP contribution in [0.2, 0.25) is 0 Å². The number of piperidine rings is 1. The van der Waals surface area contributed by atoms with Gasteiger partial charge >= 0.3 is 6.03 Å². The number of nitrogens with one attached hydrogen (secondary N) is 1. The molecule has 3 aliphatic heterocycles. The van der Waals surface area contributed by atoms with E-state index in [1.165, 1.54) is 0 Å². The molecule has 1 aromatic carbocycles. The predicted molar refractivity (Wildman–Crippen MR) is 101 cm³/mol. The Kier molecular flexibility index (Phi) is 4.33. The summed E-state index contributed by atoms with van der Waals surface area (Å²) in [4.78, 5) is 50.2. The topological polar surface area (TPSA) is 89.6 Å². The molecule has 2 bridgehead atoms. The largest absolute Gasteiger partial charge is 0.332 e. The molecule has 2 aromatic rings. The van der Waals surface area contributed by atoms with Gasteiger partial charge in [0.05, 0.1) is 11.0 Å². The van der Waals surface area contributed by atoms with E-state index in [0.717, 1.165) is 12.8 Å². The smallest absolute Gasteiger partial charge is 0.319 e. The van der Waals surface area contributed by atoms with Crippen LogP contribution in [0.25, 0.3) is 11.0 Å². The molecule has 3 saturated heterocycles. The van der Waals surface area contributed by atoms with E-state index in [4.69, 9.17) is 0 Å². The molecule has 8 heteroatoms. The molecule has 3 aliphatic rings. The van der Waals surface area contributed by atoms with Crippen LogP contribution in [-0.4, -0.2) is 76.4 Å². The van der Waals surface area contributed by atoms with Gasteiger partial charge in [0, 0.05) is 39.8 Å². The van der Waals surface area contributed by atoms with E-state index >= 15 is 0 Å². The van der Waals surface area contributed by atoms with Crippen LogP contribution in [-0.2, 0) is 0 Å². The van der Waals surface area contributed by atoms with Crippen LogP contribution >= 0.6 is 0 Å². The average molecular weight is 369 g/mol. The Bertz CT molecular complexity index is 954. The molecule has 142 valence electrons. The maximum absolute atomic E-state index is 13.1. The number of benzene rings is 1. The van der Waals surface area contributed by atoms with Gasteiger partial charge in [-0.15, -0.1) is 0 Å². The highest BCUT2D eigenvalue weighted by Crippen LogP contribution is 2.29. The first-order valence-electron chi connectivity index (χ1n) is 9.20. The van der Waals surface area contributed by atoms with E-state index in [-0.39, 0.29) is 29.6 Å². The minimum Gasteiger partial charge on any atom is -0.332 e. The molecule has 1 aromatic heterocycles. The SMILES string of the molecule is CN(C)C(=O)N1C[C@H]2CC[C@@H](C1)N(C(=O)c1nc3ccccc3[nH]c1=O)C2. The summed E-state index contributed by atoms with van der Waals surface area (Å²) >= 11 is 0. The molecule has 27 heavy (non-hydrogen) atoms. The van der Waals surface area contributed by atoms with Crippen molar-refractivity contribution in [3.8, 4) is 0 Å². The molecule has 1 N–H and O–H groups in total. The zero-order valence-corrected chi connectivity index (χ0v) is 15.5. The number of hydrogen-bond acceptors (Lipinski definition) is 4.